The summed E-state index contributed by atoms with van der Waals surface area (Å²) in [6.45, 7) is 0.800. The summed E-state index contributed by atoms with van der Waals surface area (Å²) in [5, 5.41) is 1.37. The third-order valence-electron chi connectivity index (χ3n) is 6.93. The minimum Gasteiger partial charge on any atom is -0.370 e. The summed E-state index contributed by atoms with van der Waals surface area (Å²) in [7, 11) is 0.575. The SMILES string of the molecule is CN(C)C1(c2cccc(F)c2)CCC2(CC1)OCCc1sc3ccccc3c12.CS(=O)(=O)O. The molecule has 2 aromatic carbocycles. The first-order chi connectivity index (χ1) is 15.5. The van der Waals surface area contributed by atoms with E-state index in [2.05, 4.69) is 49.3 Å². The lowest BCUT2D eigenvalue weighted by Gasteiger charge is -2.51. The summed E-state index contributed by atoms with van der Waals surface area (Å²) in [6.07, 6.45) is 5.59. The number of halogens is 1. The molecule has 1 aliphatic carbocycles. The standard InChI is InChI=1S/C24H26FNOS.CH4O3S/c1-26(2)23(17-6-5-7-18(25)16-17)11-13-24(14-12-23)22-19-8-3-4-9-20(19)28-21(22)10-15-27-24;1-5(2,3)4/h3-9,16H,10-15H2,1-2H3;1H3,(H,2,3,4). The van der Waals surface area contributed by atoms with Crippen LogP contribution in [0.1, 0.15) is 41.7 Å². The molecular weight excluding hydrogens is 461 g/mol. The van der Waals surface area contributed by atoms with E-state index in [1.165, 1.54) is 26.6 Å². The molecule has 0 unspecified atom stereocenters. The van der Waals surface area contributed by atoms with Gasteiger partial charge < -0.3 is 4.74 Å². The zero-order chi connectivity index (χ0) is 23.9. The molecule has 1 N–H and O–H groups in total. The topological polar surface area (TPSA) is 66.8 Å². The van der Waals surface area contributed by atoms with Gasteiger partial charge in [-0.2, -0.15) is 8.42 Å². The highest BCUT2D eigenvalue weighted by Crippen LogP contribution is 2.54. The quantitative estimate of drug-likeness (QED) is 0.490. The number of ether oxygens (including phenoxy) is 1. The van der Waals surface area contributed by atoms with Gasteiger partial charge in [-0.05, 0) is 68.9 Å². The molecule has 0 amide bonds. The van der Waals surface area contributed by atoms with Crippen molar-refractivity contribution in [1.29, 1.82) is 0 Å². The van der Waals surface area contributed by atoms with E-state index in [-0.39, 0.29) is 17.0 Å². The van der Waals surface area contributed by atoms with E-state index in [0.29, 0.717) is 6.26 Å². The van der Waals surface area contributed by atoms with Crippen molar-refractivity contribution in [3.05, 3.63) is 70.4 Å². The minimum atomic E-state index is -3.67. The number of nitrogens with zero attached hydrogens (tertiary/aromatic N) is 1. The Morgan fingerprint density at radius 2 is 1.73 bits per heavy atom. The molecule has 33 heavy (non-hydrogen) atoms. The van der Waals surface area contributed by atoms with Crippen molar-refractivity contribution in [3.8, 4) is 0 Å². The molecule has 1 aliphatic heterocycles. The van der Waals surface area contributed by atoms with Crippen molar-refractivity contribution in [3.63, 3.8) is 0 Å². The molecule has 0 bridgehead atoms. The number of thiophene rings is 1. The molecule has 1 aromatic heterocycles. The van der Waals surface area contributed by atoms with E-state index in [1.54, 1.807) is 6.07 Å². The van der Waals surface area contributed by atoms with E-state index in [0.717, 1.165) is 44.3 Å². The van der Waals surface area contributed by atoms with Crippen LogP contribution in [-0.2, 0) is 32.4 Å². The smallest absolute Gasteiger partial charge is 0.261 e. The van der Waals surface area contributed by atoms with Crippen molar-refractivity contribution in [1.82, 2.24) is 4.90 Å². The molecule has 5 rings (SSSR count). The van der Waals surface area contributed by atoms with Gasteiger partial charge >= 0.3 is 0 Å². The van der Waals surface area contributed by atoms with Crippen molar-refractivity contribution in [2.75, 3.05) is 27.0 Å². The van der Waals surface area contributed by atoms with Crippen LogP contribution in [0.2, 0.25) is 0 Å². The average Bonchev–Trinajstić information content (AvgIpc) is 3.13. The average molecular weight is 492 g/mol. The molecule has 5 nitrogen and oxygen atoms in total. The minimum absolute atomic E-state index is 0.139. The maximum Gasteiger partial charge on any atom is 0.261 e. The number of rotatable bonds is 2. The third kappa shape index (κ3) is 4.86. The fourth-order valence-electron chi connectivity index (χ4n) is 5.42. The van der Waals surface area contributed by atoms with Gasteiger partial charge in [-0.1, -0.05) is 30.3 Å². The van der Waals surface area contributed by atoms with Gasteiger partial charge in [-0.15, -0.1) is 11.3 Å². The fraction of sp³-hybridized carbons (Fsp3) is 0.440. The Labute approximate surface area is 198 Å². The molecule has 178 valence electrons. The molecule has 1 saturated carbocycles. The molecule has 0 radical (unpaired) electrons. The molecule has 3 aromatic rings. The molecule has 0 saturated heterocycles. The van der Waals surface area contributed by atoms with E-state index in [9.17, 15) is 12.8 Å². The van der Waals surface area contributed by atoms with Crippen molar-refractivity contribution >= 4 is 31.5 Å². The first-order valence-electron chi connectivity index (χ1n) is 11.0. The maximum atomic E-state index is 14.0. The zero-order valence-corrected chi connectivity index (χ0v) is 20.8. The van der Waals surface area contributed by atoms with Crippen LogP contribution < -0.4 is 0 Å². The van der Waals surface area contributed by atoms with E-state index < -0.39 is 10.1 Å². The fourth-order valence-corrected chi connectivity index (χ4v) is 6.69. The number of benzene rings is 2. The number of fused-ring (bicyclic) bond motifs is 4. The summed E-state index contributed by atoms with van der Waals surface area (Å²) >= 11 is 1.93. The summed E-state index contributed by atoms with van der Waals surface area (Å²) < 4.78 is 47.8. The second-order valence-electron chi connectivity index (χ2n) is 9.16. The van der Waals surface area contributed by atoms with Gasteiger partial charge in [0, 0.05) is 27.1 Å². The largest absolute Gasteiger partial charge is 0.370 e. The van der Waals surface area contributed by atoms with E-state index in [1.807, 2.05) is 17.4 Å². The van der Waals surface area contributed by atoms with Crippen LogP contribution in [-0.4, -0.2) is 44.8 Å². The summed E-state index contributed by atoms with van der Waals surface area (Å²) in [6, 6.07) is 15.9. The van der Waals surface area contributed by atoms with Gasteiger partial charge in [-0.25, -0.2) is 4.39 Å². The molecule has 1 fully saturated rings. The van der Waals surface area contributed by atoms with Crippen LogP contribution in [0.4, 0.5) is 4.39 Å². The molecule has 2 heterocycles. The predicted octanol–water partition coefficient (Wildman–Crippen LogP) is 5.34. The normalized spacial score (nSPS) is 25.0. The first kappa shape index (κ1) is 24.3. The van der Waals surface area contributed by atoms with Crippen LogP contribution in [0.5, 0.6) is 0 Å². The monoisotopic (exact) mass is 491 g/mol. The van der Waals surface area contributed by atoms with E-state index >= 15 is 0 Å². The van der Waals surface area contributed by atoms with Gasteiger partial charge in [-0.3, -0.25) is 9.45 Å². The van der Waals surface area contributed by atoms with Crippen LogP contribution in [0.3, 0.4) is 0 Å². The highest BCUT2D eigenvalue weighted by Gasteiger charge is 2.49. The molecule has 1 spiro atoms. The van der Waals surface area contributed by atoms with E-state index in [4.69, 9.17) is 9.29 Å². The Bertz CT molecular complexity index is 1240. The zero-order valence-electron chi connectivity index (χ0n) is 19.2. The second-order valence-corrected chi connectivity index (χ2v) is 11.8. The van der Waals surface area contributed by atoms with Crippen LogP contribution >= 0.6 is 11.3 Å². The van der Waals surface area contributed by atoms with Crippen LogP contribution in [0.25, 0.3) is 10.1 Å². The lowest BCUT2D eigenvalue weighted by Crippen LogP contribution is -2.49. The first-order valence-corrected chi connectivity index (χ1v) is 13.7. The van der Waals surface area contributed by atoms with Gasteiger partial charge in [0.1, 0.15) is 5.82 Å². The summed E-state index contributed by atoms with van der Waals surface area (Å²) in [5.41, 5.74) is 2.18. The molecule has 0 atom stereocenters. The number of hydrogen-bond donors (Lipinski definition) is 1. The Morgan fingerprint density at radius 1 is 1.06 bits per heavy atom. The van der Waals surface area contributed by atoms with Gasteiger partial charge in [0.2, 0.25) is 0 Å². The highest BCUT2D eigenvalue weighted by molar-refractivity contribution is 7.85. The molecule has 8 heteroatoms. The Kier molecular flexibility index (Phi) is 6.68. The van der Waals surface area contributed by atoms with Crippen LogP contribution in [0.15, 0.2) is 48.5 Å². The van der Waals surface area contributed by atoms with Crippen molar-refractivity contribution < 1.29 is 22.1 Å². The molecular formula is C25H30FNO4S2. The van der Waals surface area contributed by atoms with Crippen molar-refractivity contribution in [2.24, 2.45) is 0 Å². The Hall–Kier alpha value is -1.84. The number of hydrogen-bond acceptors (Lipinski definition) is 5. The lowest BCUT2D eigenvalue weighted by atomic mass is 9.67. The lowest BCUT2D eigenvalue weighted by molar-refractivity contribution is -0.109. The van der Waals surface area contributed by atoms with Crippen LogP contribution in [0, 0.1) is 5.82 Å². The Morgan fingerprint density at radius 3 is 2.36 bits per heavy atom. The highest BCUT2D eigenvalue weighted by atomic mass is 32.2. The van der Waals surface area contributed by atoms with Crippen molar-refractivity contribution in [2.45, 2.75) is 43.2 Å². The van der Waals surface area contributed by atoms with Gasteiger partial charge in [0.05, 0.1) is 18.5 Å². The van der Waals surface area contributed by atoms with Gasteiger partial charge in [0.25, 0.3) is 10.1 Å². The summed E-state index contributed by atoms with van der Waals surface area (Å²) in [4.78, 5) is 3.78. The van der Waals surface area contributed by atoms with Gasteiger partial charge in [0.15, 0.2) is 0 Å². The summed E-state index contributed by atoms with van der Waals surface area (Å²) in [5.74, 6) is -0.154. The Balaban J connectivity index is 0.000000471. The predicted molar refractivity (Wildman–Crippen MR) is 131 cm³/mol. The maximum absolute atomic E-state index is 14.0. The third-order valence-corrected chi connectivity index (χ3v) is 8.16. The second kappa shape index (κ2) is 9.07. The molecule has 2 aliphatic rings.